The standard InChI is InChI=1S/C17H25NO4/c19-15(12-10-17(12)5-7-22-8-6-17)18-13-4-2-1-3-11(13)9-14(18)16(20)21/h11-14H,1-10H2,(H,20,21)/t11-,12+,13+,14-/m0/s1. The van der Waals surface area contributed by atoms with Crippen LogP contribution in [0, 0.1) is 17.3 Å². The van der Waals surface area contributed by atoms with Crippen LogP contribution in [0.4, 0.5) is 0 Å². The molecule has 22 heavy (non-hydrogen) atoms. The number of carboxylic acids is 1. The number of likely N-dealkylation sites (tertiary alicyclic amines) is 1. The first-order chi connectivity index (χ1) is 10.6. The molecule has 0 bridgehead atoms. The van der Waals surface area contributed by atoms with Gasteiger partial charge in [-0.25, -0.2) is 4.79 Å². The number of amides is 1. The molecule has 5 nitrogen and oxygen atoms in total. The van der Waals surface area contributed by atoms with Crippen molar-refractivity contribution in [2.75, 3.05) is 13.2 Å². The summed E-state index contributed by atoms with van der Waals surface area (Å²) >= 11 is 0. The van der Waals surface area contributed by atoms with Crippen molar-refractivity contribution in [1.82, 2.24) is 4.90 Å². The minimum absolute atomic E-state index is 0.0546. The first kappa shape index (κ1) is 14.5. The van der Waals surface area contributed by atoms with E-state index in [0.717, 1.165) is 51.7 Å². The first-order valence-corrected chi connectivity index (χ1v) is 8.75. The van der Waals surface area contributed by atoms with Gasteiger partial charge in [-0.3, -0.25) is 4.79 Å². The molecule has 4 aliphatic rings. The lowest BCUT2D eigenvalue weighted by molar-refractivity contribution is -0.151. The molecule has 0 aromatic heterocycles. The summed E-state index contributed by atoms with van der Waals surface area (Å²) in [5.41, 5.74) is 0.130. The Bertz CT molecular complexity index is 485. The molecule has 4 fully saturated rings. The van der Waals surface area contributed by atoms with E-state index in [4.69, 9.17) is 4.74 Å². The zero-order valence-electron chi connectivity index (χ0n) is 13.0. The molecule has 4 rings (SSSR count). The van der Waals surface area contributed by atoms with E-state index in [1.807, 2.05) is 0 Å². The molecular formula is C17H25NO4. The van der Waals surface area contributed by atoms with Gasteiger partial charge >= 0.3 is 5.97 Å². The lowest BCUT2D eigenvalue weighted by Gasteiger charge is -2.34. The largest absolute Gasteiger partial charge is 0.480 e. The minimum atomic E-state index is -0.815. The highest BCUT2D eigenvalue weighted by atomic mass is 16.5. The second-order valence-corrected chi connectivity index (χ2v) is 7.68. The van der Waals surface area contributed by atoms with E-state index in [9.17, 15) is 14.7 Å². The predicted molar refractivity (Wildman–Crippen MR) is 79.2 cm³/mol. The fourth-order valence-electron chi connectivity index (χ4n) is 5.20. The molecule has 5 heteroatoms. The molecule has 0 aromatic rings. The Kier molecular flexibility index (Phi) is 3.44. The minimum Gasteiger partial charge on any atom is -0.480 e. The lowest BCUT2D eigenvalue weighted by Crippen LogP contribution is -2.47. The van der Waals surface area contributed by atoms with Gasteiger partial charge in [0.05, 0.1) is 0 Å². The Morgan fingerprint density at radius 1 is 1.14 bits per heavy atom. The third kappa shape index (κ3) is 2.16. The van der Waals surface area contributed by atoms with Crippen molar-refractivity contribution in [3.05, 3.63) is 0 Å². The second-order valence-electron chi connectivity index (χ2n) is 7.68. The van der Waals surface area contributed by atoms with Crippen molar-refractivity contribution in [3.8, 4) is 0 Å². The van der Waals surface area contributed by atoms with Crippen LogP contribution < -0.4 is 0 Å². The van der Waals surface area contributed by atoms with E-state index in [2.05, 4.69) is 0 Å². The molecule has 2 heterocycles. The van der Waals surface area contributed by atoms with Gasteiger partial charge in [0.15, 0.2) is 0 Å². The number of fused-ring (bicyclic) bond motifs is 1. The van der Waals surface area contributed by atoms with E-state index in [0.29, 0.717) is 12.3 Å². The van der Waals surface area contributed by atoms with Crippen LogP contribution >= 0.6 is 0 Å². The number of carbonyl (C=O) groups is 2. The highest BCUT2D eigenvalue weighted by molar-refractivity contribution is 5.88. The Hall–Kier alpha value is -1.10. The van der Waals surface area contributed by atoms with Crippen LogP contribution in [0.2, 0.25) is 0 Å². The van der Waals surface area contributed by atoms with Crippen LogP contribution in [0.3, 0.4) is 0 Å². The van der Waals surface area contributed by atoms with Crippen molar-refractivity contribution in [2.24, 2.45) is 17.3 Å². The van der Waals surface area contributed by atoms with Crippen molar-refractivity contribution in [1.29, 1.82) is 0 Å². The molecular weight excluding hydrogens is 282 g/mol. The second kappa shape index (κ2) is 5.22. The summed E-state index contributed by atoms with van der Waals surface area (Å²) in [5, 5.41) is 9.57. The number of rotatable bonds is 2. The SMILES string of the molecule is O=C(O)[C@@H]1C[C@@H]2CCCC[C@H]2N1C(=O)[C@H]1CC12CCOCC2. The highest BCUT2D eigenvalue weighted by Crippen LogP contribution is 2.60. The molecule has 1 amide bonds. The van der Waals surface area contributed by atoms with Crippen LogP contribution in [0.25, 0.3) is 0 Å². The van der Waals surface area contributed by atoms with E-state index >= 15 is 0 Å². The fourth-order valence-corrected chi connectivity index (χ4v) is 5.20. The number of nitrogens with zero attached hydrogens (tertiary/aromatic N) is 1. The maximum absolute atomic E-state index is 13.1. The summed E-state index contributed by atoms with van der Waals surface area (Å²) in [6.45, 7) is 1.50. The number of carbonyl (C=O) groups excluding carboxylic acids is 1. The van der Waals surface area contributed by atoms with Crippen LogP contribution in [0.5, 0.6) is 0 Å². The van der Waals surface area contributed by atoms with Gasteiger partial charge in [-0.1, -0.05) is 12.8 Å². The summed E-state index contributed by atoms with van der Waals surface area (Å²) < 4.78 is 5.42. The Labute approximate surface area is 131 Å². The number of hydrogen-bond donors (Lipinski definition) is 1. The van der Waals surface area contributed by atoms with Gasteiger partial charge in [0.2, 0.25) is 5.91 Å². The molecule has 122 valence electrons. The van der Waals surface area contributed by atoms with Gasteiger partial charge < -0.3 is 14.7 Å². The molecule has 2 aliphatic heterocycles. The fraction of sp³-hybridized carbons (Fsp3) is 0.882. The van der Waals surface area contributed by atoms with Crippen molar-refractivity contribution in [3.63, 3.8) is 0 Å². The Balaban J connectivity index is 1.54. The quantitative estimate of drug-likeness (QED) is 0.848. The molecule has 2 saturated carbocycles. The van der Waals surface area contributed by atoms with Gasteiger partial charge in [0, 0.05) is 25.2 Å². The Morgan fingerprint density at radius 2 is 1.86 bits per heavy atom. The summed E-state index contributed by atoms with van der Waals surface area (Å²) in [5.74, 6) is -0.227. The van der Waals surface area contributed by atoms with Crippen molar-refractivity contribution in [2.45, 2.75) is 63.5 Å². The van der Waals surface area contributed by atoms with Crippen molar-refractivity contribution < 1.29 is 19.4 Å². The average Bonchev–Trinajstić information content (AvgIpc) is 3.06. The molecule has 0 radical (unpaired) electrons. The van der Waals surface area contributed by atoms with Crippen molar-refractivity contribution >= 4 is 11.9 Å². The number of carboxylic acid groups (broad SMARTS) is 1. The number of hydrogen-bond acceptors (Lipinski definition) is 3. The molecule has 1 N–H and O–H groups in total. The Morgan fingerprint density at radius 3 is 2.59 bits per heavy atom. The topological polar surface area (TPSA) is 66.8 Å². The molecule has 2 saturated heterocycles. The van der Waals surface area contributed by atoms with Crippen LogP contribution in [0.1, 0.15) is 51.4 Å². The van der Waals surface area contributed by atoms with Gasteiger partial charge in [-0.2, -0.15) is 0 Å². The van der Waals surface area contributed by atoms with Gasteiger partial charge in [-0.05, 0) is 49.9 Å². The monoisotopic (exact) mass is 307 g/mol. The zero-order chi connectivity index (χ0) is 15.3. The van der Waals surface area contributed by atoms with Crippen LogP contribution in [-0.2, 0) is 14.3 Å². The highest BCUT2D eigenvalue weighted by Gasteiger charge is 2.61. The van der Waals surface area contributed by atoms with Gasteiger partial charge in [-0.15, -0.1) is 0 Å². The summed E-state index contributed by atoms with van der Waals surface area (Å²) in [6, 6.07) is -0.405. The lowest BCUT2D eigenvalue weighted by atomic mass is 9.84. The zero-order valence-corrected chi connectivity index (χ0v) is 13.0. The normalized spacial score (nSPS) is 39.5. The molecule has 1 spiro atoms. The molecule has 4 atom stereocenters. The molecule has 0 unspecified atom stereocenters. The van der Waals surface area contributed by atoms with E-state index in [1.165, 1.54) is 6.42 Å². The van der Waals surface area contributed by atoms with Gasteiger partial charge in [0.1, 0.15) is 6.04 Å². The molecule has 2 aliphatic carbocycles. The van der Waals surface area contributed by atoms with Crippen LogP contribution in [0.15, 0.2) is 0 Å². The van der Waals surface area contributed by atoms with Gasteiger partial charge in [0.25, 0.3) is 0 Å². The van der Waals surface area contributed by atoms with Crippen LogP contribution in [-0.4, -0.2) is 47.2 Å². The third-order valence-electron chi connectivity index (χ3n) is 6.60. The molecule has 0 aromatic carbocycles. The van der Waals surface area contributed by atoms with E-state index in [1.54, 1.807) is 4.90 Å². The summed E-state index contributed by atoms with van der Waals surface area (Å²) in [6.07, 6.45) is 7.90. The third-order valence-corrected chi connectivity index (χ3v) is 6.60. The average molecular weight is 307 g/mol. The number of aliphatic carboxylic acids is 1. The number of ether oxygens (including phenoxy) is 1. The summed E-state index contributed by atoms with van der Waals surface area (Å²) in [4.78, 5) is 26.5. The smallest absolute Gasteiger partial charge is 0.326 e. The first-order valence-electron chi connectivity index (χ1n) is 8.75. The maximum Gasteiger partial charge on any atom is 0.326 e. The van der Waals surface area contributed by atoms with E-state index in [-0.39, 0.29) is 23.3 Å². The summed E-state index contributed by atoms with van der Waals surface area (Å²) in [7, 11) is 0. The van der Waals surface area contributed by atoms with E-state index < -0.39 is 12.0 Å². The predicted octanol–water partition coefficient (Wildman–Crippen LogP) is 2.05. The maximum atomic E-state index is 13.1.